The average Bonchev–Trinajstić information content (AvgIpc) is 2.48. The second-order valence-electron chi connectivity index (χ2n) is 7.95. The van der Waals surface area contributed by atoms with Gasteiger partial charge in [0.15, 0.2) is 0 Å². The number of carbonyl (C=O) groups is 2. The Balaban J connectivity index is 1.58. The van der Waals surface area contributed by atoms with Crippen molar-refractivity contribution in [2.45, 2.75) is 64.6 Å². The van der Waals surface area contributed by atoms with Gasteiger partial charge in [-0.15, -0.1) is 0 Å². The normalized spacial score (nSPS) is 18.2. The first-order chi connectivity index (χ1) is 11.8. The molecule has 1 aromatic rings. The Kier molecular flexibility index (Phi) is 5.08. The minimum absolute atomic E-state index is 0.0799. The lowest BCUT2D eigenvalue weighted by Gasteiger charge is -2.29. The number of pyridine rings is 1. The number of carbonyl (C=O) groups excluding carboxylic acids is 2. The lowest BCUT2D eigenvalue weighted by atomic mass is 9.93. The number of nitrogens with zero attached hydrogens (tertiary/aromatic N) is 2. The summed E-state index contributed by atoms with van der Waals surface area (Å²) in [6.07, 6.45) is 4.06. The van der Waals surface area contributed by atoms with E-state index in [4.69, 9.17) is 4.74 Å². The van der Waals surface area contributed by atoms with Gasteiger partial charge in [-0.05, 0) is 51.7 Å². The van der Waals surface area contributed by atoms with Crippen molar-refractivity contribution in [2.75, 3.05) is 13.1 Å². The standard InChI is InChI=1S/C19H27N3O3/c1-19(2,3)25-17(23)12-22-10-9-15-13(11-22)7-8-16(21-15)18(24)20-14-5-4-6-14/h7-8,14H,4-6,9-12H2,1-3H3,(H,20,24). The van der Waals surface area contributed by atoms with E-state index in [1.165, 1.54) is 6.42 Å². The first-order valence-corrected chi connectivity index (χ1v) is 9.04. The van der Waals surface area contributed by atoms with Crippen molar-refractivity contribution in [3.63, 3.8) is 0 Å². The molecule has 1 aliphatic heterocycles. The molecule has 25 heavy (non-hydrogen) atoms. The Labute approximate surface area is 148 Å². The number of hydrogen-bond donors (Lipinski definition) is 1. The van der Waals surface area contributed by atoms with Gasteiger partial charge in [0.2, 0.25) is 0 Å². The third kappa shape index (κ3) is 4.78. The first-order valence-electron chi connectivity index (χ1n) is 9.04. The Morgan fingerprint density at radius 2 is 2.08 bits per heavy atom. The molecule has 0 radical (unpaired) electrons. The summed E-state index contributed by atoms with van der Waals surface area (Å²) in [6, 6.07) is 4.05. The molecule has 1 aromatic heterocycles. The third-order valence-corrected chi connectivity index (χ3v) is 4.57. The van der Waals surface area contributed by atoms with Gasteiger partial charge in [-0.1, -0.05) is 6.07 Å². The summed E-state index contributed by atoms with van der Waals surface area (Å²) >= 11 is 0. The summed E-state index contributed by atoms with van der Waals surface area (Å²) in [7, 11) is 0. The monoisotopic (exact) mass is 345 g/mol. The minimum atomic E-state index is -0.463. The maximum Gasteiger partial charge on any atom is 0.320 e. The lowest BCUT2D eigenvalue weighted by Crippen LogP contribution is -2.40. The molecule has 0 aromatic carbocycles. The summed E-state index contributed by atoms with van der Waals surface area (Å²) in [5.41, 5.74) is 2.07. The number of nitrogens with one attached hydrogen (secondary N) is 1. The summed E-state index contributed by atoms with van der Waals surface area (Å²) in [5.74, 6) is -0.288. The second kappa shape index (κ2) is 7.12. The van der Waals surface area contributed by atoms with Crippen LogP contribution in [0.4, 0.5) is 0 Å². The zero-order valence-corrected chi connectivity index (χ0v) is 15.3. The maximum absolute atomic E-state index is 12.2. The van der Waals surface area contributed by atoms with Crippen LogP contribution in [0.15, 0.2) is 12.1 Å². The van der Waals surface area contributed by atoms with Gasteiger partial charge < -0.3 is 10.1 Å². The average molecular weight is 345 g/mol. The van der Waals surface area contributed by atoms with E-state index in [2.05, 4.69) is 15.2 Å². The van der Waals surface area contributed by atoms with Crippen LogP contribution in [0.5, 0.6) is 0 Å². The van der Waals surface area contributed by atoms with E-state index < -0.39 is 5.60 Å². The number of esters is 1. The van der Waals surface area contributed by atoms with Gasteiger partial charge in [0, 0.05) is 31.2 Å². The molecule has 136 valence electrons. The van der Waals surface area contributed by atoms with E-state index in [0.29, 0.717) is 18.3 Å². The van der Waals surface area contributed by atoms with E-state index in [0.717, 1.165) is 37.1 Å². The lowest BCUT2D eigenvalue weighted by molar-refractivity contribution is -0.156. The molecule has 6 nitrogen and oxygen atoms in total. The van der Waals surface area contributed by atoms with Crippen molar-refractivity contribution in [3.05, 3.63) is 29.1 Å². The molecule has 0 bridgehead atoms. The van der Waals surface area contributed by atoms with Crippen LogP contribution in [0.3, 0.4) is 0 Å². The topological polar surface area (TPSA) is 71.5 Å². The van der Waals surface area contributed by atoms with Gasteiger partial charge in [0.1, 0.15) is 11.3 Å². The molecular weight excluding hydrogens is 318 g/mol. The predicted molar refractivity (Wildman–Crippen MR) is 94.2 cm³/mol. The summed E-state index contributed by atoms with van der Waals surface area (Å²) in [4.78, 5) is 30.8. The largest absolute Gasteiger partial charge is 0.459 e. The van der Waals surface area contributed by atoms with Crippen molar-refractivity contribution >= 4 is 11.9 Å². The van der Waals surface area contributed by atoms with E-state index in [1.54, 1.807) is 6.07 Å². The van der Waals surface area contributed by atoms with Crippen LogP contribution in [-0.2, 0) is 22.5 Å². The maximum atomic E-state index is 12.2. The van der Waals surface area contributed by atoms with E-state index in [9.17, 15) is 9.59 Å². The molecule has 1 fully saturated rings. The molecule has 0 saturated heterocycles. The van der Waals surface area contributed by atoms with Crippen LogP contribution >= 0.6 is 0 Å². The Morgan fingerprint density at radius 1 is 1.32 bits per heavy atom. The molecule has 3 rings (SSSR count). The molecule has 0 unspecified atom stereocenters. The van der Waals surface area contributed by atoms with Crippen LogP contribution in [0.2, 0.25) is 0 Å². The number of ether oxygens (including phenoxy) is 1. The molecule has 1 N–H and O–H groups in total. The third-order valence-electron chi connectivity index (χ3n) is 4.57. The number of amides is 1. The number of hydrogen-bond acceptors (Lipinski definition) is 5. The quantitative estimate of drug-likeness (QED) is 0.846. The molecule has 2 heterocycles. The Morgan fingerprint density at radius 3 is 2.72 bits per heavy atom. The van der Waals surface area contributed by atoms with Crippen LogP contribution in [-0.4, -0.2) is 46.5 Å². The molecule has 1 amide bonds. The fraction of sp³-hybridized carbons (Fsp3) is 0.632. The summed E-state index contributed by atoms with van der Waals surface area (Å²) in [6.45, 7) is 7.29. The SMILES string of the molecule is CC(C)(C)OC(=O)CN1CCc2nc(C(=O)NC3CCC3)ccc2C1. The second-order valence-corrected chi connectivity index (χ2v) is 7.95. The van der Waals surface area contributed by atoms with Gasteiger partial charge in [0.25, 0.3) is 5.91 Å². The number of fused-ring (bicyclic) bond motifs is 1. The molecule has 1 aliphatic carbocycles. The molecule has 1 saturated carbocycles. The molecule has 0 atom stereocenters. The fourth-order valence-corrected chi connectivity index (χ4v) is 3.10. The van der Waals surface area contributed by atoms with E-state index in [1.807, 2.05) is 26.8 Å². The van der Waals surface area contributed by atoms with Crippen LogP contribution in [0, 0.1) is 0 Å². The van der Waals surface area contributed by atoms with Crippen molar-refractivity contribution in [3.8, 4) is 0 Å². The zero-order chi connectivity index (χ0) is 18.0. The predicted octanol–water partition coefficient (Wildman–Crippen LogP) is 2.06. The molecule has 0 spiro atoms. The van der Waals surface area contributed by atoms with E-state index in [-0.39, 0.29) is 18.4 Å². The van der Waals surface area contributed by atoms with Crippen LogP contribution in [0.25, 0.3) is 0 Å². The highest BCUT2D eigenvalue weighted by Gasteiger charge is 2.25. The summed E-state index contributed by atoms with van der Waals surface area (Å²) in [5, 5.41) is 3.02. The van der Waals surface area contributed by atoms with Crippen molar-refractivity contribution in [1.29, 1.82) is 0 Å². The Bertz CT molecular complexity index is 662. The molecule has 2 aliphatic rings. The molecular formula is C19H27N3O3. The van der Waals surface area contributed by atoms with Gasteiger partial charge in [-0.25, -0.2) is 4.98 Å². The highest BCUT2D eigenvalue weighted by atomic mass is 16.6. The number of rotatable bonds is 4. The van der Waals surface area contributed by atoms with Gasteiger partial charge in [-0.2, -0.15) is 0 Å². The summed E-state index contributed by atoms with van der Waals surface area (Å²) < 4.78 is 5.38. The highest BCUT2D eigenvalue weighted by molar-refractivity contribution is 5.92. The Hall–Kier alpha value is -1.95. The fourth-order valence-electron chi connectivity index (χ4n) is 3.10. The minimum Gasteiger partial charge on any atom is -0.459 e. The highest BCUT2D eigenvalue weighted by Crippen LogP contribution is 2.20. The van der Waals surface area contributed by atoms with E-state index >= 15 is 0 Å². The first kappa shape index (κ1) is 17.9. The van der Waals surface area contributed by atoms with Gasteiger partial charge in [0.05, 0.1) is 6.54 Å². The van der Waals surface area contributed by atoms with Crippen LogP contribution in [0.1, 0.15) is 61.8 Å². The van der Waals surface area contributed by atoms with Gasteiger partial charge in [-0.3, -0.25) is 14.5 Å². The van der Waals surface area contributed by atoms with Crippen LogP contribution < -0.4 is 5.32 Å². The number of aromatic nitrogens is 1. The molecule has 6 heteroatoms. The van der Waals surface area contributed by atoms with Crippen molar-refractivity contribution < 1.29 is 14.3 Å². The smallest absolute Gasteiger partial charge is 0.320 e. The van der Waals surface area contributed by atoms with Crippen molar-refractivity contribution in [2.24, 2.45) is 0 Å². The zero-order valence-electron chi connectivity index (χ0n) is 15.3. The van der Waals surface area contributed by atoms with Crippen molar-refractivity contribution in [1.82, 2.24) is 15.2 Å². The van der Waals surface area contributed by atoms with Gasteiger partial charge >= 0.3 is 5.97 Å².